The van der Waals surface area contributed by atoms with Gasteiger partial charge in [0.25, 0.3) is 11.8 Å². The van der Waals surface area contributed by atoms with Gasteiger partial charge in [-0.3, -0.25) is 9.59 Å². The molecule has 0 bridgehead atoms. The Kier molecular flexibility index (Phi) is 10.4. The van der Waals surface area contributed by atoms with Crippen LogP contribution < -0.4 is 20.1 Å². The van der Waals surface area contributed by atoms with Crippen molar-refractivity contribution in [2.45, 2.75) is 64.9 Å². The summed E-state index contributed by atoms with van der Waals surface area (Å²) in [5, 5.41) is 7.76. The summed E-state index contributed by atoms with van der Waals surface area (Å²) in [5.74, 6) is -0.842. The number of carbonyl (C=O) groups excluding carboxylic acids is 2. The number of hydrogen-bond donors (Lipinski definition) is 2. The van der Waals surface area contributed by atoms with Gasteiger partial charge < -0.3 is 20.1 Å². The molecule has 1 aromatic carbocycles. The molecule has 33 heavy (non-hydrogen) atoms. The van der Waals surface area contributed by atoms with Gasteiger partial charge in [0, 0.05) is 11.4 Å². The van der Waals surface area contributed by atoms with Crippen molar-refractivity contribution in [2.24, 2.45) is 0 Å². The molecule has 0 aliphatic rings. The number of amides is 2. The van der Waals surface area contributed by atoms with Crippen LogP contribution in [0.25, 0.3) is 0 Å². The third-order valence-corrected chi connectivity index (χ3v) is 5.37. The summed E-state index contributed by atoms with van der Waals surface area (Å²) in [7, 11) is 0. The third-order valence-electron chi connectivity index (χ3n) is 4.52. The van der Waals surface area contributed by atoms with Gasteiger partial charge in [-0.05, 0) is 37.6 Å². The average Bonchev–Trinajstić information content (AvgIpc) is 3.23. The Morgan fingerprint density at radius 3 is 2.48 bits per heavy atom. The lowest BCUT2D eigenvalue weighted by molar-refractivity contribution is -0.274. The van der Waals surface area contributed by atoms with Crippen molar-refractivity contribution in [3.05, 3.63) is 40.3 Å². The summed E-state index contributed by atoms with van der Waals surface area (Å²) < 4.78 is 45.5. The van der Waals surface area contributed by atoms with Gasteiger partial charge in [-0.2, -0.15) is 0 Å². The minimum atomic E-state index is -4.77. The van der Waals surface area contributed by atoms with Gasteiger partial charge in [-0.25, -0.2) is 4.98 Å². The van der Waals surface area contributed by atoms with Crippen molar-refractivity contribution >= 4 is 23.2 Å². The standard InChI is InChI=1S/C22H28F3N3O4S/c1-3-4-5-6-7-15(2)27-21(30)18-14-33-20(28-18)12-26-19(29)13-31-16-8-10-17(11-9-16)32-22(23,24)25/h8-11,14-15H,3-7,12-13H2,1-2H3,(H,26,29)(H,27,30). The zero-order valence-corrected chi connectivity index (χ0v) is 19.4. The molecule has 11 heteroatoms. The molecule has 1 atom stereocenters. The summed E-state index contributed by atoms with van der Waals surface area (Å²) in [6, 6.07) is 4.78. The number of aromatic nitrogens is 1. The number of unbranched alkanes of at least 4 members (excludes halogenated alkanes) is 3. The highest BCUT2D eigenvalue weighted by molar-refractivity contribution is 7.09. The number of alkyl halides is 3. The third kappa shape index (κ3) is 10.6. The van der Waals surface area contributed by atoms with E-state index in [4.69, 9.17) is 4.74 Å². The normalized spacial score (nSPS) is 12.2. The summed E-state index contributed by atoms with van der Waals surface area (Å²) in [6.45, 7) is 3.92. The molecule has 7 nitrogen and oxygen atoms in total. The van der Waals surface area contributed by atoms with Crippen molar-refractivity contribution < 1.29 is 32.2 Å². The van der Waals surface area contributed by atoms with Crippen LogP contribution >= 0.6 is 11.3 Å². The highest BCUT2D eigenvalue weighted by atomic mass is 32.1. The molecule has 0 saturated heterocycles. The largest absolute Gasteiger partial charge is 0.573 e. The van der Waals surface area contributed by atoms with Crippen LogP contribution in [-0.2, 0) is 11.3 Å². The second-order valence-corrected chi connectivity index (χ2v) is 8.38. The maximum Gasteiger partial charge on any atom is 0.573 e. The maximum absolute atomic E-state index is 12.3. The van der Waals surface area contributed by atoms with Crippen LogP contribution in [0.5, 0.6) is 11.5 Å². The van der Waals surface area contributed by atoms with E-state index in [1.165, 1.54) is 36.3 Å². The van der Waals surface area contributed by atoms with Crippen LogP contribution in [0, 0.1) is 0 Å². The van der Waals surface area contributed by atoms with Gasteiger partial charge in [0.1, 0.15) is 22.2 Å². The molecule has 1 unspecified atom stereocenters. The number of rotatable bonds is 13. The van der Waals surface area contributed by atoms with Crippen molar-refractivity contribution in [2.75, 3.05) is 6.61 Å². The molecule has 0 saturated carbocycles. The van der Waals surface area contributed by atoms with Gasteiger partial charge in [0.15, 0.2) is 6.61 Å². The molecular formula is C22H28F3N3O4S. The number of ether oxygens (including phenoxy) is 2. The number of hydrogen-bond acceptors (Lipinski definition) is 6. The minimum Gasteiger partial charge on any atom is -0.484 e. The Hall–Kier alpha value is -2.82. The predicted octanol–water partition coefficient (Wildman–Crippen LogP) is 4.83. The molecule has 0 spiro atoms. The SMILES string of the molecule is CCCCCCC(C)NC(=O)c1csc(CNC(=O)COc2ccc(OC(F)(F)F)cc2)n1. The number of nitrogens with one attached hydrogen (secondary N) is 2. The molecule has 2 rings (SSSR count). The summed E-state index contributed by atoms with van der Waals surface area (Å²) >= 11 is 1.26. The van der Waals surface area contributed by atoms with Crippen LogP contribution in [0.3, 0.4) is 0 Å². The highest BCUT2D eigenvalue weighted by Crippen LogP contribution is 2.24. The first kappa shape index (κ1) is 26.4. The molecule has 2 N–H and O–H groups in total. The van der Waals surface area contributed by atoms with Gasteiger partial charge >= 0.3 is 6.36 Å². The first-order chi connectivity index (χ1) is 15.7. The fraction of sp³-hybridized carbons (Fsp3) is 0.500. The van der Waals surface area contributed by atoms with Gasteiger partial charge in [-0.1, -0.05) is 32.6 Å². The Bertz CT molecular complexity index is 888. The predicted molar refractivity (Wildman–Crippen MR) is 118 cm³/mol. The fourth-order valence-electron chi connectivity index (χ4n) is 2.86. The molecule has 2 amide bonds. The number of benzene rings is 1. The minimum absolute atomic E-state index is 0.0606. The molecule has 2 aromatic rings. The van der Waals surface area contributed by atoms with E-state index >= 15 is 0 Å². The second-order valence-electron chi connectivity index (χ2n) is 7.43. The lowest BCUT2D eigenvalue weighted by atomic mass is 10.1. The number of thiazole rings is 1. The van der Waals surface area contributed by atoms with Gasteiger partial charge in [0.2, 0.25) is 0 Å². The van der Waals surface area contributed by atoms with E-state index in [0.29, 0.717) is 10.7 Å². The van der Waals surface area contributed by atoms with E-state index < -0.39 is 12.3 Å². The number of halogens is 3. The summed E-state index contributed by atoms with van der Waals surface area (Å²) in [4.78, 5) is 28.5. The Balaban J connectivity index is 1.70. The van der Waals surface area contributed by atoms with Gasteiger partial charge in [-0.15, -0.1) is 24.5 Å². The summed E-state index contributed by atoms with van der Waals surface area (Å²) in [5.41, 5.74) is 0.307. The Morgan fingerprint density at radius 1 is 1.12 bits per heavy atom. The molecule has 182 valence electrons. The molecule has 0 fully saturated rings. The highest BCUT2D eigenvalue weighted by Gasteiger charge is 2.31. The van der Waals surface area contributed by atoms with E-state index in [2.05, 4.69) is 27.3 Å². The van der Waals surface area contributed by atoms with Crippen molar-refractivity contribution in [3.8, 4) is 11.5 Å². The van der Waals surface area contributed by atoms with E-state index in [1.54, 1.807) is 5.38 Å². The molecule has 0 radical (unpaired) electrons. The van der Waals surface area contributed by atoms with Crippen molar-refractivity contribution in [1.82, 2.24) is 15.6 Å². The number of carbonyl (C=O) groups is 2. The molecule has 0 aliphatic carbocycles. The first-order valence-corrected chi connectivity index (χ1v) is 11.5. The molecule has 1 aromatic heterocycles. The Labute approximate surface area is 194 Å². The fourth-order valence-corrected chi connectivity index (χ4v) is 3.57. The number of nitrogens with zero attached hydrogens (tertiary/aromatic N) is 1. The molecular weight excluding hydrogens is 459 g/mol. The monoisotopic (exact) mass is 487 g/mol. The van der Waals surface area contributed by atoms with Crippen LogP contribution in [0.1, 0.15) is 61.4 Å². The first-order valence-electron chi connectivity index (χ1n) is 10.7. The van der Waals surface area contributed by atoms with E-state index in [0.717, 1.165) is 31.4 Å². The summed E-state index contributed by atoms with van der Waals surface area (Å²) in [6.07, 6.45) is 0.715. The van der Waals surface area contributed by atoms with E-state index in [1.807, 2.05) is 6.92 Å². The van der Waals surface area contributed by atoms with Crippen LogP contribution in [0.15, 0.2) is 29.6 Å². The van der Waals surface area contributed by atoms with E-state index in [9.17, 15) is 22.8 Å². The zero-order valence-electron chi connectivity index (χ0n) is 18.5. The van der Waals surface area contributed by atoms with Crippen LogP contribution in [0.2, 0.25) is 0 Å². The topological polar surface area (TPSA) is 89.6 Å². The van der Waals surface area contributed by atoms with Crippen LogP contribution in [-0.4, -0.2) is 35.8 Å². The van der Waals surface area contributed by atoms with Gasteiger partial charge in [0.05, 0.1) is 6.54 Å². The average molecular weight is 488 g/mol. The smallest absolute Gasteiger partial charge is 0.484 e. The lowest BCUT2D eigenvalue weighted by Gasteiger charge is -2.12. The lowest BCUT2D eigenvalue weighted by Crippen LogP contribution is -2.32. The maximum atomic E-state index is 12.3. The second kappa shape index (κ2) is 13.0. The molecule has 0 aliphatic heterocycles. The zero-order chi connectivity index (χ0) is 24.3. The van der Waals surface area contributed by atoms with Crippen molar-refractivity contribution in [1.29, 1.82) is 0 Å². The van der Waals surface area contributed by atoms with E-state index in [-0.39, 0.29) is 36.6 Å². The Morgan fingerprint density at radius 2 is 1.82 bits per heavy atom. The van der Waals surface area contributed by atoms with Crippen LogP contribution in [0.4, 0.5) is 13.2 Å². The van der Waals surface area contributed by atoms with Crippen molar-refractivity contribution in [3.63, 3.8) is 0 Å². The molecule has 1 heterocycles. The quantitative estimate of drug-likeness (QED) is 0.395.